The van der Waals surface area contributed by atoms with Crippen LogP contribution in [0.4, 0.5) is 0 Å². The summed E-state index contributed by atoms with van der Waals surface area (Å²) in [7, 11) is 3.18. The third-order valence-electron chi connectivity index (χ3n) is 1.99. The molecular weight excluding hydrogens is 226 g/mol. The predicted molar refractivity (Wildman–Crippen MR) is 61.7 cm³/mol. The quantitative estimate of drug-likeness (QED) is 0.819. The highest BCUT2D eigenvalue weighted by molar-refractivity contribution is 7.11. The average molecular weight is 237 g/mol. The first-order valence-electron chi connectivity index (χ1n) is 4.62. The SMILES string of the molecule is COc1cccc(OC)c1Oc1cncs1. The molecule has 0 amide bonds. The van der Waals surface area contributed by atoms with Crippen LogP contribution in [0, 0.1) is 0 Å². The highest BCUT2D eigenvalue weighted by Gasteiger charge is 2.12. The largest absolute Gasteiger partial charge is 0.493 e. The van der Waals surface area contributed by atoms with Crippen molar-refractivity contribution >= 4 is 11.3 Å². The van der Waals surface area contributed by atoms with Crippen LogP contribution < -0.4 is 14.2 Å². The molecule has 0 aliphatic carbocycles. The van der Waals surface area contributed by atoms with Gasteiger partial charge in [0.15, 0.2) is 11.5 Å². The van der Waals surface area contributed by atoms with Gasteiger partial charge >= 0.3 is 0 Å². The molecule has 0 saturated carbocycles. The second-order valence-corrected chi connectivity index (χ2v) is 3.76. The topological polar surface area (TPSA) is 40.6 Å². The van der Waals surface area contributed by atoms with Crippen LogP contribution in [0.25, 0.3) is 0 Å². The van der Waals surface area contributed by atoms with Gasteiger partial charge < -0.3 is 14.2 Å². The van der Waals surface area contributed by atoms with Crippen molar-refractivity contribution in [3.63, 3.8) is 0 Å². The number of thiazole rings is 1. The Bertz CT molecular complexity index is 434. The summed E-state index contributed by atoms with van der Waals surface area (Å²) in [5, 5.41) is 0.697. The maximum absolute atomic E-state index is 5.67. The summed E-state index contributed by atoms with van der Waals surface area (Å²) >= 11 is 1.41. The van der Waals surface area contributed by atoms with Gasteiger partial charge in [-0.2, -0.15) is 0 Å². The third kappa shape index (κ3) is 2.09. The molecule has 84 valence electrons. The third-order valence-corrected chi connectivity index (χ3v) is 2.64. The van der Waals surface area contributed by atoms with Crippen LogP contribution in [0.2, 0.25) is 0 Å². The number of nitrogens with zero attached hydrogens (tertiary/aromatic N) is 1. The molecule has 1 heterocycles. The molecule has 0 aliphatic rings. The lowest BCUT2D eigenvalue weighted by Gasteiger charge is -2.11. The minimum absolute atomic E-state index is 0.566. The van der Waals surface area contributed by atoms with Crippen molar-refractivity contribution in [1.82, 2.24) is 4.98 Å². The van der Waals surface area contributed by atoms with Gasteiger partial charge in [-0.1, -0.05) is 17.4 Å². The van der Waals surface area contributed by atoms with Gasteiger partial charge in [-0.15, -0.1) is 0 Å². The van der Waals surface area contributed by atoms with E-state index in [1.807, 2.05) is 18.2 Å². The van der Waals surface area contributed by atoms with Crippen LogP contribution in [0.3, 0.4) is 0 Å². The van der Waals surface area contributed by atoms with Crippen LogP contribution in [0.5, 0.6) is 22.3 Å². The molecule has 0 aliphatic heterocycles. The number of aromatic nitrogens is 1. The first-order valence-corrected chi connectivity index (χ1v) is 5.50. The molecule has 2 aromatic rings. The number of benzene rings is 1. The molecule has 0 radical (unpaired) electrons. The minimum Gasteiger partial charge on any atom is -0.493 e. The zero-order chi connectivity index (χ0) is 11.4. The van der Waals surface area contributed by atoms with E-state index in [-0.39, 0.29) is 0 Å². The summed E-state index contributed by atoms with van der Waals surface area (Å²) in [4.78, 5) is 3.94. The fourth-order valence-corrected chi connectivity index (χ4v) is 1.75. The second kappa shape index (κ2) is 4.85. The number of rotatable bonds is 4. The highest BCUT2D eigenvalue weighted by atomic mass is 32.1. The van der Waals surface area contributed by atoms with E-state index in [1.54, 1.807) is 25.9 Å². The molecule has 0 saturated heterocycles. The maximum atomic E-state index is 5.67. The highest BCUT2D eigenvalue weighted by Crippen LogP contribution is 2.40. The number of methoxy groups -OCH3 is 2. The Hall–Kier alpha value is -1.75. The van der Waals surface area contributed by atoms with E-state index in [2.05, 4.69) is 4.98 Å². The van der Waals surface area contributed by atoms with Crippen LogP contribution in [0.15, 0.2) is 29.9 Å². The minimum atomic E-state index is 0.566. The summed E-state index contributed by atoms with van der Waals surface area (Å²) in [5.41, 5.74) is 1.71. The van der Waals surface area contributed by atoms with Crippen molar-refractivity contribution in [2.45, 2.75) is 0 Å². The number of para-hydroxylation sites is 1. The van der Waals surface area contributed by atoms with Crippen LogP contribution in [0.1, 0.15) is 0 Å². The van der Waals surface area contributed by atoms with Crippen LogP contribution >= 0.6 is 11.3 Å². The Morgan fingerprint density at radius 2 is 1.81 bits per heavy atom. The first kappa shape index (κ1) is 10.8. The predicted octanol–water partition coefficient (Wildman–Crippen LogP) is 2.95. The van der Waals surface area contributed by atoms with E-state index in [0.29, 0.717) is 22.3 Å². The zero-order valence-corrected chi connectivity index (χ0v) is 9.78. The van der Waals surface area contributed by atoms with Gasteiger partial charge in [-0.3, -0.25) is 0 Å². The molecular formula is C11H11NO3S. The molecule has 2 rings (SSSR count). The van der Waals surface area contributed by atoms with E-state index in [0.717, 1.165) is 0 Å². The van der Waals surface area contributed by atoms with Gasteiger partial charge in [0.05, 0.1) is 25.9 Å². The summed E-state index contributed by atoms with van der Waals surface area (Å²) < 4.78 is 16.1. The maximum Gasteiger partial charge on any atom is 0.212 e. The Balaban J connectivity index is 2.37. The standard InChI is InChI=1S/C11H11NO3S/c1-13-8-4-3-5-9(14-2)11(8)15-10-6-12-7-16-10/h3-7H,1-2H3. The Morgan fingerprint density at radius 3 is 2.31 bits per heavy atom. The first-order chi connectivity index (χ1) is 7.85. The smallest absolute Gasteiger partial charge is 0.212 e. The molecule has 0 bridgehead atoms. The van der Waals surface area contributed by atoms with Crippen molar-refractivity contribution in [2.75, 3.05) is 14.2 Å². The van der Waals surface area contributed by atoms with E-state index in [4.69, 9.17) is 14.2 Å². The summed E-state index contributed by atoms with van der Waals surface area (Å²) in [6.07, 6.45) is 1.65. The number of ether oxygens (including phenoxy) is 3. The zero-order valence-electron chi connectivity index (χ0n) is 8.97. The van der Waals surface area contributed by atoms with Gasteiger partial charge in [-0.05, 0) is 12.1 Å². The monoisotopic (exact) mass is 237 g/mol. The van der Waals surface area contributed by atoms with E-state index in [9.17, 15) is 0 Å². The van der Waals surface area contributed by atoms with Crippen LogP contribution in [-0.2, 0) is 0 Å². The molecule has 0 fully saturated rings. The van der Waals surface area contributed by atoms with Gasteiger partial charge in [0, 0.05) is 0 Å². The lowest BCUT2D eigenvalue weighted by molar-refractivity contribution is 0.349. The Kier molecular flexibility index (Phi) is 3.26. The van der Waals surface area contributed by atoms with Gasteiger partial charge in [0.1, 0.15) is 0 Å². The van der Waals surface area contributed by atoms with Crippen molar-refractivity contribution < 1.29 is 14.2 Å². The van der Waals surface area contributed by atoms with Gasteiger partial charge in [0.2, 0.25) is 10.8 Å². The molecule has 0 N–H and O–H groups in total. The summed E-state index contributed by atoms with van der Waals surface area (Å²) in [5.74, 6) is 1.83. The molecule has 0 spiro atoms. The van der Waals surface area contributed by atoms with E-state index >= 15 is 0 Å². The lowest BCUT2D eigenvalue weighted by Crippen LogP contribution is -1.93. The molecule has 16 heavy (non-hydrogen) atoms. The molecule has 5 heteroatoms. The second-order valence-electron chi connectivity index (χ2n) is 2.91. The Morgan fingerprint density at radius 1 is 1.12 bits per heavy atom. The van der Waals surface area contributed by atoms with Crippen molar-refractivity contribution in [2.24, 2.45) is 0 Å². The Labute approximate surface area is 97.4 Å². The van der Waals surface area contributed by atoms with Crippen LogP contribution in [-0.4, -0.2) is 19.2 Å². The summed E-state index contributed by atoms with van der Waals surface area (Å²) in [6, 6.07) is 5.48. The normalized spacial score (nSPS) is 9.88. The van der Waals surface area contributed by atoms with E-state index < -0.39 is 0 Å². The van der Waals surface area contributed by atoms with Gasteiger partial charge in [0.25, 0.3) is 0 Å². The summed E-state index contributed by atoms with van der Waals surface area (Å²) in [6.45, 7) is 0. The number of hydrogen-bond acceptors (Lipinski definition) is 5. The van der Waals surface area contributed by atoms with Crippen molar-refractivity contribution in [3.05, 3.63) is 29.9 Å². The van der Waals surface area contributed by atoms with Crippen molar-refractivity contribution in [1.29, 1.82) is 0 Å². The van der Waals surface area contributed by atoms with E-state index in [1.165, 1.54) is 11.3 Å². The molecule has 1 aromatic heterocycles. The molecule has 0 unspecified atom stereocenters. The number of hydrogen-bond donors (Lipinski definition) is 0. The average Bonchev–Trinajstić information content (AvgIpc) is 2.82. The molecule has 1 aromatic carbocycles. The fraction of sp³-hybridized carbons (Fsp3) is 0.182. The molecule has 4 nitrogen and oxygen atoms in total. The lowest BCUT2D eigenvalue weighted by atomic mass is 10.3. The van der Waals surface area contributed by atoms with Gasteiger partial charge in [-0.25, -0.2) is 4.98 Å². The fourth-order valence-electron chi connectivity index (χ4n) is 1.27. The van der Waals surface area contributed by atoms with Crippen molar-refractivity contribution in [3.8, 4) is 22.3 Å². The molecule has 0 atom stereocenters.